The molecule has 0 atom stereocenters. The maximum Gasteiger partial charge on any atom is 0.163 e. The Morgan fingerprint density at radius 1 is 0.854 bits per heavy atom. The third-order valence-electron chi connectivity index (χ3n) is 7.78. The number of nitrogens with zero attached hydrogens (tertiary/aromatic N) is 4. The lowest BCUT2D eigenvalue weighted by atomic mass is 10.1. The van der Waals surface area contributed by atoms with E-state index in [0.29, 0.717) is 13.0 Å². The van der Waals surface area contributed by atoms with E-state index in [1.54, 1.807) is 0 Å². The highest BCUT2D eigenvalue weighted by Gasteiger charge is 2.14. The van der Waals surface area contributed by atoms with Gasteiger partial charge in [0.2, 0.25) is 0 Å². The minimum atomic E-state index is 0.195. The molecule has 0 radical (unpaired) electrons. The third-order valence-corrected chi connectivity index (χ3v) is 7.78. The van der Waals surface area contributed by atoms with Crippen LogP contribution in [-0.2, 0) is 0 Å². The number of fused-ring (bicyclic) bond motifs is 2. The molecule has 2 N–H and O–H groups in total. The predicted molar refractivity (Wildman–Crippen MR) is 165 cm³/mol. The van der Waals surface area contributed by atoms with E-state index < -0.39 is 0 Å². The van der Waals surface area contributed by atoms with Crippen molar-refractivity contribution in [3.05, 3.63) is 66.2 Å². The summed E-state index contributed by atoms with van der Waals surface area (Å²) in [4.78, 5) is 33.8. The van der Waals surface area contributed by atoms with Crippen molar-refractivity contribution in [2.24, 2.45) is 0 Å². The van der Waals surface area contributed by atoms with Gasteiger partial charge in [0.25, 0.3) is 0 Å². The molecule has 1 saturated heterocycles. The molecule has 1 aliphatic rings. The van der Waals surface area contributed by atoms with Crippen molar-refractivity contribution < 1.29 is 9.53 Å². The van der Waals surface area contributed by atoms with Crippen molar-refractivity contribution in [3.63, 3.8) is 0 Å². The standard InChI is InChI=1S/C33H38N6O2/c1-38(2)16-6-20-41-26-13-15-28-30(22-26)37-33(35-28)24-10-8-23(9-11-24)32-34-27-14-12-25(21-29(27)36-32)31(40)7-5-19-39-17-3-4-18-39/h8-15,21-22H,3-7,16-20H2,1-2H3,(H,34,36)(H,35,37). The molecule has 1 fully saturated rings. The van der Waals surface area contributed by atoms with E-state index in [4.69, 9.17) is 14.7 Å². The van der Waals surface area contributed by atoms with Crippen LogP contribution in [0.4, 0.5) is 0 Å². The Kier molecular flexibility index (Phi) is 8.11. The maximum atomic E-state index is 12.8. The Morgan fingerprint density at radius 2 is 1.49 bits per heavy atom. The van der Waals surface area contributed by atoms with Crippen LogP contribution in [0.1, 0.15) is 42.5 Å². The number of carbonyl (C=O) groups is 1. The second-order valence-electron chi connectivity index (χ2n) is 11.2. The number of imidazole rings is 2. The number of likely N-dealkylation sites (tertiary alicyclic amines) is 1. The van der Waals surface area contributed by atoms with Gasteiger partial charge in [0, 0.05) is 35.7 Å². The number of Topliss-reactive ketones (excluding diaryl/α,β-unsaturated/α-hetero) is 1. The Labute approximate surface area is 240 Å². The average Bonchev–Trinajstić information content (AvgIpc) is 3.74. The number of hydrogen-bond acceptors (Lipinski definition) is 6. The summed E-state index contributed by atoms with van der Waals surface area (Å²) in [5, 5.41) is 0. The fourth-order valence-electron chi connectivity index (χ4n) is 5.51. The van der Waals surface area contributed by atoms with Crippen LogP contribution in [-0.4, -0.2) is 82.4 Å². The van der Waals surface area contributed by atoms with Crippen LogP contribution in [0.15, 0.2) is 60.7 Å². The number of aromatic nitrogens is 4. The molecule has 8 nitrogen and oxygen atoms in total. The lowest BCUT2D eigenvalue weighted by Gasteiger charge is -2.13. The number of ether oxygens (including phenoxy) is 1. The number of H-pyrrole nitrogens is 2. The van der Waals surface area contributed by atoms with Crippen molar-refractivity contribution >= 4 is 27.9 Å². The Morgan fingerprint density at radius 3 is 2.15 bits per heavy atom. The lowest BCUT2D eigenvalue weighted by molar-refractivity contribution is 0.0976. The first-order valence-electron chi connectivity index (χ1n) is 14.7. The number of ketones is 1. The van der Waals surface area contributed by atoms with Gasteiger partial charge in [0.1, 0.15) is 17.4 Å². The molecule has 5 aromatic rings. The number of hydrogen-bond donors (Lipinski definition) is 2. The second kappa shape index (κ2) is 12.2. The molecule has 0 saturated carbocycles. The summed E-state index contributed by atoms with van der Waals surface area (Å²) < 4.78 is 5.92. The second-order valence-corrected chi connectivity index (χ2v) is 11.2. The maximum absolute atomic E-state index is 12.8. The first-order chi connectivity index (χ1) is 20.0. The Hall–Kier alpha value is -4.01. The molecule has 0 bridgehead atoms. The summed E-state index contributed by atoms with van der Waals surface area (Å²) in [7, 11) is 4.14. The molecule has 3 heterocycles. The van der Waals surface area contributed by atoms with Crippen LogP contribution in [0.5, 0.6) is 5.75 Å². The minimum absolute atomic E-state index is 0.195. The van der Waals surface area contributed by atoms with Crippen LogP contribution in [0.3, 0.4) is 0 Å². The Balaban J connectivity index is 1.11. The van der Waals surface area contributed by atoms with Crippen molar-refractivity contribution in [1.29, 1.82) is 0 Å². The van der Waals surface area contributed by atoms with Gasteiger partial charge in [-0.2, -0.15) is 0 Å². The van der Waals surface area contributed by atoms with Gasteiger partial charge in [0.15, 0.2) is 5.78 Å². The van der Waals surface area contributed by atoms with E-state index in [9.17, 15) is 4.79 Å². The lowest BCUT2D eigenvalue weighted by Crippen LogP contribution is -2.21. The van der Waals surface area contributed by atoms with E-state index in [0.717, 1.165) is 82.1 Å². The van der Waals surface area contributed by atoms with E-state index in [2.05, 4.69) is 33.9 Å². The summed E-state index contributed by atoms with van der Waals surface area (Å²) in [5.41, 5.74) is 6.32. The van der Waals surface area contributed by atoms with Crippen molar-refractivity contribution in [3.8, 4) is 28.5 Å². The van der Waals surface area contributed by atoms with Crippen LogP contribution in [0.2, 0.25) is 0 Å². The van der Waals surface area contributed by atoms with E-state index in [1.165, 1.54) is 25.9 Å². The van der Waals surface area contributed by atoms with Crippen LogP contribution in [0.25, 0.3) is 44.8 Å². The van der Waals surface area contributed by atoms with E-state index in [1.807, 2.05) is 60.7 Å². The molecule has 0 unspecified atom stereocenters. The van der Waals surface area contributed by atoms with Gasteiger partial charge in [-0.25, -0.2) is 9.97 Å². The van der Waals surface area contributed by atoms with Crippen molar-refractivity contribution in [1.82, 2.24) is 29.7 Å². The summed E-state index contributed by atoms with van der Waals surface area (Å²) in [6.07, 6.45) is 5.04. The van der Waals surface area contributed by atoms with E-state index in [-0.39, 0.29) is 5.78 Å². The molecule has 2 aromatic heterocycles. The topological polar surface area (TPSA) is 90.1 Å². The molecule has 1 aliphatic heterocycles. The zero-order valence-electron chi connectivity index (χ0n) is 23.9. The predicted octanol–water partition coefficient (Wildman–Crippen LogP) is 6.16. The molecular weight excluding hydrogens is 512 g/mol. The normalized spacial score (nSPS) is 14.0. The molecule has 8 heteroatoms. The summed E-state index contributed by atoms with van der Waals surface area (Å²) in [5.74, 6) is 2.64. The number of benzene rings is 3. The first-order valence-corrected chi connectivity index (χ1v) is 14.7. The molecule has 6 rings (SSSR count). The number of carbonyl (C=O) groups excluding carboxylic acids is 1. The molecule has 0 aliphatic carbocycles. The van der Waals surface area contributed by atoms with Gasteiger partial charge in [0.05, 0.1) is 28.7 Å². The SMILES string of the molecule is CN(C)CCCOc1ccc2nc(-c3ccc(-c4nc5ccc(C(=O)CCCN6CCCC6)cc5[nH]4)cc3)[nH]c2c1. The highest BCUT2D eigenvalue weighted by Crippen LogP contribution is 2.27. The summed E-state index contributed by atoms with van der Waals surface area (Å²) in [6, 6.07) is 19.9. The monoisotopic (exact) mass is 550 g/mol. The minimum Gasteiger partial charge on any atom is -0.493 e. The molecule has 212 valence electrons. The quantitative estimate of drug-likeness (QED) is 0.143. The van der Waals surface area contributed by atoms with Crippen LogP contribution in [0, 0.1) is 0 Å². The van der Waals surface area contributed by atoms with Crippen molar-refractivity contribution in [2.75, 3.05) is 46.9 Å². The highest BCUT2D eigenvalue weighted by molar-refractivity contribution is 5.99. The molecular formula is C33H38N6O2. The van der Waals surface area contributed by atoms with Gasteiger partial charge in [-0.1, -0.05) is 24.3 Å². The smallest absolute Gasteiger partial charge is 0.163 e. The van der Waals surface area contributed by atoms with Gasteiger partial charge in [-0.15, -0.1) is 0 Å². The van der Waals surface area contributed by atoms with Crippen LogP contribution >= 0.6 is 0 Å². The zero-order valence-corrected chi connectivity index (χ0v) is 23.9. The largest absolute Gasteiger partial charge is 0.493 e. The fourth-order valence-corrected chi connectivity index (χ4v) is 5.51. The van der Waals surface area contributed by atoms with E-state index >= 15 is 0 Å². The summed E-state index contributed by atoms with van der Waals surface area (Å²) >= 11 is 0. The number of rotatable bonds is 12. The molecule has 41 heavy (non-hydrogen) atoms. The first kappa shape index (κ1) is 27.2. The van der Waals surface area contributed by atoms with Gasteiger partial charge < -0.3 is 24.5 Å². The zero-order chi connectivity index (χ0) is 28.2. The number of aromatic amines is 2. The molecule has 0 spiro atoms. The molecule has 3 aromatic carbocycles. The number of nitrogens with one attached hydrogen (secondary N) is 2. The fraction of sp³-hybridized carbons (Fsp3) is 0.364. The highest BCUT2D eigenvalue weighted by atomic mass is 16.5. The van der Waals surface area contributed by atoms with Crippen LogP contribution < -0.4 is 4.74 Å². The van der Waals surface area contributed by atoms with Crippen molar-refractivity contribution in [2.45, 2.75) is 32.1 Å². The average molecular weight is 551 g/mol. The molecule has 0 amide bonds. The van der Waals surface area contributed by atoms with Gasteiger partial charge in [-0.3, -0.25) is 4.79 Å². The van der Waals surface area contributed by atoms with Gasteiger partial charge in [-0.05, 0) is 89.7 Å². The summed E-state index contributed by atoms with van der Waals surface area (Å²) in [6.45, 7) is 5.04. The Bertz CT molecular complexity index is 1630. The van der Waals surface area contributed by atoms with Gasteiger partial charge >= 0.3 is 0 Å². The third kappa shape index (κ3) is 6.50.